The highest BCUT2D eigenvalue weighted by Gasteiger charge is 2.19. The smallest absolute Gasteiger partial charge is 0.130 e. The lowest BCUT2D eigenvalue weighted by Crippen LogP contribution is -2.36. The second kappa shape index (κ2) is 7.63. The van der Waals surface area contributed by atoms with E-state index in [9.17, 15) is 0 Å². The van der Waals surface area contributed by atoms with Crippen LogP contribution in [-0.2, 0) is 4.74 Å². The number of H-pyrrole nitrogens is 1. The highest BCUT2D eigenvalue weighted by Crippen LogP contribution is 2.37. The van der Waals surface area contributed by atoms with E-state index >= 15 is 0 Å². The van der Waals surface area contributed by atoms with Crippen LogP contribution in [0.25, 0.3) is 33.4 Å². The number of anilines is 1. The van der Waals surface area contributed by atoms with Crippen LogP contribution in [0.1, 0.15) is 0 Å². The predicted molar refractivity (Wildman–Crippen MR) is 116 cm³/mol. The zero-order valence-electron chi connectivity index (χ0n) is 15.4. The average Bonchev–Trinajstić information content (AvgIpc) is 3.27. The highest BCUT2D eigenvalue weighted by molar-refractivity contribution is 6.35. The predicted octanol–water partition coefficient (Wildman–Crippen LogP) is 4.83. The molecule has 4 heterocycles. The van der Waals surface area contributed by atoms with Crippen molar-refractivity contribution in [3.63, 3.8) is 0 Å². The summed E-state index contributed by atoms with van der Waals surface area (Å²) in [7, 11) is 0. The van der Waals surface area contributed by atoms with E-state index in [2.05, 4.69) is 26.1 Å². The van der Waals surface area contributed by atoms with Crippen LogP contribution in [0.2, 0.25) is 10.0 Å². The van der Waals surface area contributed by atoms with Crippen molar-refractivity contribution in [3.8, 4) is 22.5 Å². The van der Waals surface area contributed by atoms with Crippen LogP contribution in [-0.4, -0.2) is 46.5 Å². The Balaban J connectivity index is 1.79. The fourth-order valence-electron chi connectivity index (χ4n) is 3.63. The molecule has 6 nitrogen and oxygen atoms in total. The van der Waals surface area contributed by atoms with Crippen molar-refractivity contribution in [1.82, 2.24) is 20.2 Å². The number of aromatic amines is 1. The summed E-state index contributed by atoms with van der Waals surface area (Å²) in [4.78, 5) is 11.8. The molecule has 0 bridgehead atoms. The molecule has 1 saturated heterocycles. The largest absolute Gasteiger partial charge is 0.378 e. The molecule has 0 aliphatic carbocycles. The number of fused-ring (bicyclic) bond motifs is 1. The summed E-state index contributed by atoms with van der Waals surface area (Å²) < 4.78 is 5.51. The first-order valence-electron chi connectivity index (χ1n) is 9.28. The fraction of sp³-hybridized carbons (Fsp3) is 0.190. The maximum absolute atomic E-state index is 6.30. The van der Waals surface area contributed by atoms with Crippen molar-refractivity contribution < 1.29 is 4.74 Å². The molecule has 1 aliphatic rings. The van der Waals surface area contributed by atoms with Crippen LogP contribution < -0.4 is 4.90 Å². The van der Waals surface area contributed by atoms with Crippen LogP contribution in [0.4, 0.5) is 5.82 Å². The lowest BCUT2D eigenvalue weighted by atomic mass is 10.00. The number of nitrogens with zero attached hydrogens (tertiary/aromatic N) is 4. The van der Waals surface area contributed by atoms with Gasteiger partial charge in [-0.2, -0.15) is 5.10 Å². The first-order valence-corrected chi connectivity index (χ1v) is 10.0. The molecule has 8 heteroatoms. The Morgan fingerprint density at radius 1 is 0.966 bits per heavy atom. The number of aromatic nitrogens is 4. The number of pyridine rings is 2. The second-order valence-electron chi connectivity index (χ2n) is 6.81. The normalized spacial score (nSPS) is 14.5. The van der Waals surface area contributed by atoms with Crippen molar-refractivity contribution in [2.24, 2.45) is 0 Å². The number of hydrogen-bond donors (Lipinski definition) is 1. The maximum atomic E-state index is 6.30. The molecule has 5 rings (SSSR count). The SMILES string of the molecule is Clc1cc(Cl)cc(-c2cc(N3CCOCC3)nc3c(-c4ccn[nH]4)nccc23)c1. The van der Waals surface area contributed by atoms with E-state index < -0.39 is 0 Å². The summed E-state index contributed by atoms with van der Waals surface area (Å²) in [5, 5.41) is 9.21. The third kappa shape index (κ3) is 3.55. The van der Waals surface area contributed by atoms with E-state index in [0.29, 0.717) is 23.3 Å². The Hall–Kier alpha value is -2.67. The first kappa shape index (κ1) is 18.4. The molecular weight excluding hydrogens is 409 g/mol. The van der Waals surface area contributed by atoms with Gasteiger partial charge in [-0.1, -0.05) is 23.2 Å². The zero-order chi connectivity index (χ0) is 19.8. The average molecular weight is 426 g/mol. The van der Waals surface area contributed by atoms with E-state index in [1.54, 1.807) is 18.5 Å². The van der Waals surface area contributed by atoms with Crippen LogP contribution in [0, 0.1) is 0 Å². The van der Waals surface area contributed by atoms with Gasteiger partial charge in [0.1, 0.15) is 17.0 Å². The summed E-state index contributed by atoms with van der Waals surface area (Å²) in [6.07, 6.45) is 3.49. The number of morpholine rings is 1. The molecule has 4 aromatic rings. The van der Waals surface area contributed by atoms with Gasteiger partial charge in [-0.05, 0) is 47.5 Å². The van der Waals surface area contributed by atoms with Crippen LogP contribution in [0.3, 0.4) is 0 Å². The zero-order valence-corrected chi connectivity index (χ0v) is 16.9. The quantitative estimate of drug-likeness (QED) is 0.508. The van der Waals surface area contributed by atoms with Gasteiger partial charge < -0.3 is 9.64 Å². The van der Waals surface area contributed by atoms with Crippen LogP contribution in [0.5, 0.6) is 0 Å². The van der Waals surface area contributed by atoms with E-state index in [4.69, 9.17) is 32.9 Å². The summed E-state index contributed by atoms with van der Waals surface area (Å²) >= 11 is 12.6. The Kier molecular flexibility index (Phi) is 4.83. The summed E-state index contributed by atoms with van der Waals surface area (Å²) in [5.41, 5.74) is 4.31. The van der Waals surface area contributed by atoms with Crippen molar-refractivity contribution in [1.29, 1.82) is 0 Å². The van der Waals surface area contributed by atoms with E-state index in [0.717, 1.165) is 52.3 Å². The summed E-state index contributed by atoms with van der Waals surface area (Å²) in [5.74, 6) is 0.876. The van der Waals surface area contributed by atoms with Crippen molar-refractivity contribution >= 4 is 39.9 Å². The van der Waals surface area contributed by atoms with Gasteiger partial charge in [0.25, 0.3) is 0 Å². The molecule has 146 valence electrons. The minimum atomic E-state index is 0.591. The molecule has 0 atom stereocenters. The highest BCUT2D eigenvalue weighted by atomic mass is 35.5. The van der Waals surface area contributed by atoms with E-state index in [1.807, 2.05) is 24.3 Å². The topological polar surface area (TPSA) is 66.9 Å². The number of halogens is 2. The Morgan fingerprint density at radius 3 is 2.48 bits per heavy atom. The third-order valence-electron chi connectivity index (χ3n) is 4.98. The number of nitrogens with one attached hydrogen (secondary N) is 1. The summed E-state index contributed by atoms with van der Waals surface area (Å²) in [6.45, 7) is 2.93. The van der Waals surface area contributed by atoms with Gasteiger partial charge in [0.2, 0.25) is 0 Å². The van der Waals surface area contributed by atoms with Crippen molar-refractivity contribution in [2.45, 2.75) is 0 Å². The molecule has 3 aromatic heterocycles. The monoisotopic (exact) mass is 425 g/mol. The van der Waals surface area contributed by atoms with Gasteiger partial charge in [0, 0.05) is 40.9 Å². The molecule has 1 aliphatic heterocycles. The molecular formula is C21H17Cl2N5O. The summed E-state index contributed by atoms with van der Waals surface area (Å²) in [6, 6.07) is 11.5. The van der Waals surface area contributed by atoms with Crippen molar-refractivity contribution in [2.75, 3.05) is 31.2 Å². The molecule has 1 fully saturated rings. The number of rotatable bonds is 3. The van der Waals surface area contributed by atoms with Crippen molar-refractivity contribution in [3.05, 3.63) is 58.8 Å². The minimum absolute atomic E-state index is 0.591. The lowest BCUT2D eigenvalue weighted by molar-refractivity contribution is 0.122. The van der Waals surface area contributed by atoms with E-state index in [1.165, 1.54) is 0 Å². The molecule has 29 heavy (non-hydrogen) atoms. The molecule has 0 amide bonds. The molecule has 1 N–H and O–H groups in total. The second-order valence-corrected chi connectivity index (χ2v) is 7.68. The van der Waals surface area contributed by atoms with Gasteiger partial charge in [-0.3, -0.25) is 10.1 Å². The standard InChI is InChI=1S/C21H17Cl2N5O/c22-14-9-13(10-15(23)11-14)17-12-19(28-5-7-29-8-6-28)26-20-16(17)1-3-24-21(20)18-2-4-25-27-18/h1-4,9-12H,5-8H2,(H,25,27). The van der Waals surface area contributed by atoms with Gasteiger partial charge in [-0.15, -0.1) is 0 Å². The molecule has 0 unspecified atom stereocenters. The fourth-order valence-corrected chi connectivity index (χ4v) is 4.15. The Morgan fingerprint density at radius 2 is 1.76 bits per heavy atom. The van der Waals surface area contributed by atoms with E-state index in [-0.39, 0.29) is 0 Å². The lowest BCUT2D eigenvalue weighted by Gasteiger charge is -2.28. The van der Waals surface area contributed by atoms with Crippen LogP contribution in [0.15, 0.2) is 48.8 Å². The number of benzene rings is 1. The van der Waals surface area contributed by atoms with Gasteiger partial charge in [-0.25, -0.2) is 4.98 Å². The Bertz CT molecular complexity index is 1150. The van der Waals surface area contributed by atoms with Gasteiger partial charge >= 0.3 is 0 Å². The minimum Gasteiger partial charge on any atom is -0.378 e. The third-order valence-corrected chi connectivity index (χ3v) is 5.42. The number of hydrogen-bond acceptors (Lipinski definition) is 5. The maximum Gasteiger partial charge on any atom is 0.130 e. The molecule has 0 radical (unpaired) electrons. The first-order chi connectivity index (χ1) is 14.2. The van der Waals surface area contributed by atoms with Gasteiger partial charge in [0.15, 0.2) is 0 Å². The van der Waals surface area contributed by atoms with Crippen LogP contribution >= 0.6 is 23.2 Å². The molecule has 0 saturated carbocycles. The molecule has 0 spiro atoms. The number of ether oxygens (including phenoxy) is 1. The van der Waals surface area contributed by atoms with Gasteiger partial charge in [0.05, 0.1) is 18.9 Å². The molecule has 1 aromatic carbocycles. The Labute approximate surface area is 177 Å².